The van der Waals surface area contributed by atoms with Crippen LogP contribution < -0.4 is 5.32 Å². The molecule has 7 heteroatoms. The smallest absolute Gasteiger partial charge is 0.341 e. The van der Waals surface area contributed by atoms with Crippen molar-refractivity contribution in [3.05, 3.63) is 87.8 Å². The molecule has 3 heterocycles. The van der Waals surface area contributed by atoms with Crippen molar-refractivity contribution in [2.45, 2.75) is 45.7 Å². The van der Waals surface area contributed by atoms with Crippen LogP contribution in [0.2, 0.25) is 0 Å². The number of benzene rings is 2. The van der Waals surface area contributed by atoms with Gasteiger partial charge in [0.15, 0.2) is 0 Å². The van der Waals surface area contributed by atoms with Crippen molar-refractivity contribution in [2.75, 3.05) is 38.1 Å². The number of nitrogens with one attached hydrogen (secondary N) is 1. The molecule has 200 valence electrons. The fraction of sp³-hybridized carbons (Fsp3) is 0.419. The first-order valence-corrected chi connectivity index (χ1v) is 14.5. The first-order valence-electron chi connectivity index (χ1n) is 13.7. The number of hydrogen-bond donors (Lipinski definition) is 1. The largest absolute Gasteiger partial charge is 0.462 e. The van der Waals surface area contributed by atoms with Crippen LogP contribution in [-0.2, 0) is 35.5 Å². The number of hydrogen-bond acceptors (Lipinski definition) is 6. The number of likely N-dealkylation sites (tertiary alicyclic amines) is 1. The quantitative estimate of drug-likeness (QED) is 0.376. The molecule has 0 saturated carbocycles. The molecular weight excluding hydrogens is 494 g/mol. The number of esters is 1. The first-order chi connectivity index (χ1) is 18.6. The van der Waals surface area contributed by atoms with Crippen molar-refractivity contribution in [1.82, 2.24) is 9.80 Å². The Bertz CT molecular complexity index is 1220. The molecule has 0 atom stereocenters. The lowest BCUT2D eigenvalue weighted by Crippen LogP contribution is -2.39. The Morgan fingerprint density at radius 2 is 1.63 bits per heavy atom. The van der Waals surface area contributed by atoms with E-state index in [4.69, 9.17) is 4.74 Å². The van der Waals surface area contributed by atoms with Gasteiger partial charge >= 0.3 is 5.97 Å². The summed E-state index contributed by atoms with van der Waals surface area (Å²) in [6, 6.07) is 21.1. The molecular formula is C31H37N3O3S. The van der Waals surface area contributed by atoms with Crippen LogP contribution in [0.1, 0.15) is 51.7 Å². The van der Waals surface area contributed by atoms with E-state index in [1.54, 1.807) is 0 Å². The molecule has 1 fully saturated rings. The van der Waals surface area contributed by atoms with Gasteiger partial charge < -0.3 is 10.1 Å². The van der Waals surface area contributed by atoms with Crippen LogP contribution in [0, 0.1) is 5.92 Å². The maximum Gasteiger partial charge on any atom is 0.341 e. The Hall–Kier alpha value is -3.00. The zero-order chi connectivity index (χ0) is 26.3. The lowest BCUT2D eigenvalue weighted by molar-refractivity contribution is -0.117. The number of carbonyl (C=O) groups excluding carboxylic acids is 2. The van der Waals surface area contributed by atoms with E-state index in [0.717, 1.165) is 68.8 Å². The average Bonchev–Trinajstić information content (AvgIpc) is 3.28. The van der Waals surface area contributed by atoms with E-state index in [1.165, 1.54) is 22.5 Å². The zero-order valence-corrected chi connectivity index (χ0v) is 23.0. The highest BCUT2D eigenvalue weighted by Crippen LogP contribution is 2.38. The summed E-state index contributed by atoms with van der Waals surface area (Å²) in [4.78, 5) is 31.8. The fourth-order valence-corrected chi connectivity index (χ4v) is 6.90. The number of fused-ring (bicyclic) bond motifs is 1. The van der Waals surface area contributed by atoms with Gasteiger partial charge in [0.2, 0.25) is 5.91 Å². The molecule has 6 nitrogen and oxygen atoms in total. The van der Waals surface area contributed by atoms with Crippen LogP contribution in [0.3, 0.4) is 0 Å². The molecule has 1 aromatic heterocycles. The Morgan fingerprint density at radius 3 is 2.32 bits per heavy atom. The summed E-state index contributed by atoms with van der Waals surface area (Å²) in [5.41, 5.74) is 4.26. The SMILES string of the molecule is CCOC(=O)c1c(NC(=O)CN2CCC(Cc3ccccc3)CC2)sc2c1CCN(Cc1ccccc1)C2. The molecule has 3 aromatic rings. The molecule has 0 radical (unpaired) electrons. The number of nitrogens with zero attached hydrogens (tertiary/aromatic N) is 2. The van der Waals surface area contributed by atoms with Gasteiger partial charge in [-0.25, -0.2) is 4.79 Å². The van der Waals surface area contributed by atoms with Crippen LogP contribution in [0.4, 0.5) is 5.00 Å². The van der Waals surface area contributed by atoms with Gasteiger partial charge in [-0.1, -0.05) is 60.7 Å². The Kier molecular flexibility index (Phi) is 8.89. The predicted octanol–water partition coefficient (Wildman–Crippen LogP) is 5.38. The number of carbonyl (C=O) groups is 2. The second-order valence-electron chi connectivity index (χ2n) is 10.3. The van der Waals surface area contributed by atoms with Gasteiger partial charge in [-0.15, -0.1) is 11.3 Å². The van der Waals surface area contributed by atoms with Crippen molar-refractivity contribution < 1.29 is 14.3 Å². The standard InChI is InChI=1S/C31H37N3O3S/c1-2-37-31(36)29-26-15-18-34(20-25-11-7-4-8-12-25)21-27(26)38-30(29)32-28(35)22-33-16-13-24(14-17-33)19-23-9-5-3-6-10-23/h3-12,24H,2,13-22H2,1H3,(H,32,35). The maximum atomic E-state index is 13.1. The monoisotopic (exact) mass is 531 g/mol. The third kappa shape index (κ3) is 6.70. The normalized spacial score (nSPS) is 16.7. The third-order valence-electron chi connectivity index (χ3n) is 7.56. The highest BCUT2D eigenvalue weighted by atomic mass is 32.1. The molecule has 2 aliphatic rings. The van der Waals surface area contributed by atoms with Crippen LogP contribution in [0.5, 0.6) is 0 Å². The summed E-state index contributed by atoms with van der Waals surface area (Å²) in [6.45, 7) is 6.84. The topological polar surface area (TPSA) is 61.9 Å². The zero-order valence-electron chi connectivity index (χ0n) is 22.2. The summed E-state index contributed by atoms with van der Waals surface area (Å²) in [5.74, 6) is 0.269. The second kappa shape index (κ2) is 12.7. The lowest BCUT2D eigenvalue weighted by Gasteiger charge is -2.31. The molecule has 0 aliphatic carbocycles. The molecule has 1 amide bonds. The van der Waals surface area contributed by atoms with Crippen molar-refractivity contribution >= 4 is 28.2 Å². The maximum absolute atomic E-state index is 13.1. The van der Waals surface area contributed by atoms with Crippen LogP contribution in [0.15, 0.2) is 60.7 Å². The van der Waals surface area contributed by atoms with Crippen LogP contribution in [-0.4, -0.2) is 54.5 Å². The average molecular weight is 532 g/mol. The highest BCUT2D eigenvalue weighted by molar-refractivity contribution is 7.17. The van der Waals surface area contributed by atoms with Crippen LogP contribution >= 0.6 is 11.3 Å². The van der Waals surface area contributed by atoms with E-state index in [0.29, 0.717) is 29.6 Å². The fourth-order valence-electron chi connectivity index (χ4n) is 5.61. The third-order valence-corrected chi connectivity index (χ3v) is 8.69. The van der Waals surface area contributed by atoms with Gasteiger partial charge in [0.05, 0.1) is 18.7 Å². The number of piperidine rings is 1. The van der Waals surface area contributed by atoms with E-state index in [9.17, 15) is 9.59 Å². The van der Waals surface area contributed by atoms with Gasteiger partial charge in [-0.3, -0.25) is 14.6 Å². The Labute approximate surface area is 229 Å². The summed E-state index contributed by atoms with van der Waals surface area (Å²) in [7, 11) is 0. The van der Waals surface area contributed by atoms with Gasteiger partial charge in [-0.05, 0) is 68.3 Å². The van der Waals surface area contributed by atoms with E-state index in [-0.39, 0.29) is 11.9 Å². The minimum absolute atomic E-state index is 0.0585. The molecule has 0 bridgehead atoms. The minimum Gasteiger partial charge on any atom is -0.462 e. The highest BCUT2D eigenvalue weighted by Gasteiger charge is 2.30. The van der Waals surface area contributed by atoms with E-state index in [2.05, 4.69) is 69.7 Å². The summed E-state index contributed by atoms with van der Waals surface area (Å²) in [6.07, 6.45) is 4.07. The molecule has 2 aromatic carbocycles. The molecule has 0 unspecified atom stereocenters. The molecule has 0 spiro atoms. The van der Waals surface area contributed by atoms with Gasteiger partial charge in [-0.2, -0.15) is 0 Å². The van der Waals surface area contributed by atoms with Crippen molar-refractivity contribution in [3.8, 4) is 0 Å². The van der Waals surface area contributed by atoms with E-state index < -0.39 is 0 Å². The predicted molar refractivity (Wildman–Crippen MR) is 152 cm³/mol. The number of thiophene rings is 1. The number of rotatable bonds is 9. The Morgan fingerprint density at radius 1 is 0.947 bits per heavy atom. The second-order valence-corrected chi connectivity index (χ2v) is 11.4. The van der Waals surface area contributed by atoms with E-state index >= 15 is 0 Å². The van der Waals surface area contributed by atoms with Crippen LogP contribution in [0.25, 0.3) is 0 Å². The summed E-state index contributed by atoms with van der Waals surface area (Å²) >= 11 is 1.53. The van der Waals surface area contributed by atoms with Gasteiger partial charge in [0.25, 0.3) is 0 Å². The molecule has 2 aliphatic heterocycles. The van der Waals surface area contributed by atoms with Crippen molar-refractivity contribution in [2.24, 2.45) is 5.92 Å². The van der Waals surface area contributed by atoms with E-state index in [1.807, 2.05) is 13.0 Å². The number of ether oxygens (including phenoxy) is 1. The number of anilines is 1. The number of amides is 1. The first kappa shape index (κ1) is 26.6. The van der Waals surface area contributed by atoms with Crippen molar-refractivity contribution in [3.63, 3.8) is 0 Å². The summed E-state index contributed by atoms with van der Waals surface area (Å²) < 4.78 is 5.40. The van der Waals surface area contributed by atoms with Gasteiger partial charge in [0.1, 0.15) is 5.00 Å². The summed E-state index contributed by atoms with van der Waals surface area (Å²) in [5, 5.41) is 3.73. The molecule has 1 N–H and O–H groups in total. The Balaban J connectivity index is 1.20. The van der Waals surface area contributed by atoms with Gasteiger partial charge in [0, 0.05) is 24.5 Å². The lowest BCUT2D eigenvalue weighted by atomic mass is 9.90. The molecule has 38 heavy (non-hydrogen) atoms. The molecule has 5 rings (SSSR count). The van der Waals surface area contributed by atoms with Crippen molar-refractivity contribution in [1.29, 1.82) is 0 Å². The minimum atomic E-state index is -0.335. The molecule has 1 saturated heterocycles.